The van der Waals surface area contributed by atoms with Gasteiger partial charge in [-0.2, -0.15) is 0 Å². The minimum absolute atomic E-state index is 0. The molecule has 23 heteroatoms. The topological polar surface area (TPSA) is 295 Å². The Hall–Kier alpha value is -5.01. The zero-order valence-electron chi connectivity index (χ0n) is 59.9. The molecule has 0 saturated carbocycles. The predicted octanol–water partition coefficient (Wildman–Crippen LogP) is 11.6. The van der Waals surface area contributed by atoms with Crippen molar-refractivity contribution < 1.29 is 71.6 Å². The number of urea groups is 2. The second-order valence-electron chi connectivity index (χ2n) is 30.7. The molecule has 0 radical (unpaired) electrons. The van der Waals surface area contributed by atoms with Gasteiger partial charge in [-0.3, -0.25) is 9.59 Å². The number of esters is 6. The first kappa shape index (κ1) is 92.2. The van der Waals surface area contributed by atoms with Crippen LogP contribution >= 0.6 is 0 Å². The fourth-order valence-electron chi connectivity index (χ4n) is 8.02. The summed E-state index contributed by atoms with van der Waals surface area (Å²) in [7, 11) is 0. The second kappa shape index (κ2) is 41.8. The third-order valence-electron chi connectivity index (χ3n) is 12.2. The fourth-order valence-corrected chi connectivity index (χ4v) is 14.7. The molecule has 21 nitrogen and oxygen atoms in total. The number of hydrogen-bond donors (Lipinski definition) is 6. The summed E-state index contributed by atoms with van der Waals surface area (Å²) in [5, 5.41) is 13.8. The van der Waals surface area contributed by atoms with Crippen molar-refractivity contribution in [3.63, 3.8) is 0 Å². The van der Waals surface area contributed by atoms with Crippen LogP contribution in [-0.4, -0.2) is 162 Å². The second-order valence-corrected chi connectivity index (χ2v) is 59.7. The number of benzene rings is 2. The number of hydrogen-bond acceptors (Lipinski definition) is 17. The number of nitrogens with one attached hydrogen (secondary N) is 5. The molecule has 534 valence electrons. The van der Waals surface area contributed by atoms with Gasteiger partial charge in [-0.15, -0.1) is 0 Å². The summed E-state index contributed by atoms with van der Waals surface area (Å²) in [6.45, 7) is 33.2. The van der Waals surface area contributed by atoms with E-state index >= 15 is 0 Å². The van der Waals surface area contributed by atoms with Gasteiger partial charge in [0, 0.05) is 12.8 Å². The van der Waals surface area contributed by atoms with Crippen LogP contribution in [0.4, 0.5) is 9.59 Å². The average Bonchev–Trinajstić information content (AvgIpc) is 1.02. The van der Waals surface area contributed by atoms with Gasteiger partial charge in [0.1, 0.15) is 51.7 Å². The van der Waals surface area contributed by atoms with E-state index in [0.29, 0.717) is 38.6 Å². The van der Waals surface area contributed by atoms with Crippen molar-refractivity contribution in [2.45, 2.75) is 298 Å². The summed E-state index contributed by atoms with van der Waals surface area (Å²) in [5.74, 6) is -3.51. The zero-order valence-corrected chi connectivity index (χ0v) is 65.6. The van der Waals surface area contributed by atoms with E-state index in [0.717, 1.165) is 31.4 Å². The van der Waals surface area contributed by atoms with Gasteiger partial charge in [-0.1, -0.05) is 14.9 Å². The molecule has 0 saturated heterocycles. The van der Waals surface area contributed by atoms with E-state index in [-0.39, 0.29) is 40.5 Å². The summed E-state index contributed by atoms with van der Waals surface area (Å²) in [6.07, 6.45) is 4.04. The van der Waals surface area contributed by atoms with E-state index in [9.17, 15) is 43.2 Å². The predicted molar refractivity (Wildman–Crippen MR) is 378 cm³/mol. The molecule has 7 N–H and O–H groups in total. The van der Waals surface area contributed by atoms with Crippen molar-refractivity contribution in [3.8, 4) is 0 Å². The molecule has 0 heterocycles. The number of nitrogens with two attached hydrogens (primary N) is 1. The third-order valence-corrected chi connectivity index (χ3v) is 24.0. The van der Waals surface area contributed by atoms with Gasteiger partial charge >= 0.3 is 241 Å². The summed E-state index contributed by atoms with van der Waals surface area (Å²) >= 11 is -3.94. The number of amides is 4. The van der Waals surface area contributed by atoms with E-state index < -0.39 is 142 Å². The van der Waals surface area contributed by atoms with Crippen LogP contribution in [0.25, 0.3) is 0 Å². The maximum absolute atomic E-state index is 13.1. The van der Waals surface area contributed by atoms with Crippen LogP contribution < -0.4 is 39.5 Å². The Labute approximate surface area is 568 Å². The summed E-state index contributed by atoms with van der Waals surface area (Å²) in [6, 6.07) is 11.3. The van der Waals surface area contributed by atoms with E-state index in [4.69, 9.17) is 34.2 Å². The van der Waals surface area contributed by atoms with Crippen LogP contribution in [0.3, 0.4) is 0 Å². The van der Waals surface area contributed by atoms with Gasteiger partial charge in [0.2, 0.25) is 0 Å². The van der Waals surface area contributed by atoms with Gasteiger partial charge in [0.15, 0.2) is 0 Å². The summed E-state index contributed by atoms with van der Waals surface area (Å²) in [4.78, 5) is 126. The number of carbonyl (C=O) groups is 9. The Morgan fingerprint density at radius 2 is 0.699 bits per heavy atom. The number of ether oxygens (including phenoxy) is 6. The molecule has 0 aliphatic rings. The van der Waals surface area contributed by atoms with Gasteiger partial charge < -0.3 is 50.1 Å². The van der Waals surface area contributed by atoms with Crippen LogP contribution in [0.5, 0.6) is 0 Å². The van der Waals surface area contributed by atoms with E-state index in [1.54, 1.807) is 125 Å². The normalized spacial score (nSPS) is 13.2. The molecule has 0 aliphatic carbocycles. The Morgan fingerprint density at radius 3 is 0.968 bits per heavy atom. The van der Waals surface area contributed by atoms with Gasteiger partial charge in [-0.25, -0.2) is 28.8 Å². The van der Waals surface area contributed by atoms with Crippen molar-refractivity contribution >= 4 is 98.1 Å². The molecule has 93 heavy (non-hydrogen) atoms. The van der Waals surface area contributed by atoms with Crippen molar-refractivity contribution in [1.29, 1.82) is 0 Å². The van der Waals surface area contributed by atoms with E-state index in [2.05, 4.69) is 92.6 Å². The monoisotopic (exact) mass is 1530 g/mol. The first-order chi connectivity index (χ1) is 41.3. The molecule has 2 aromatic rings. The van der Waals surface area contributed by atoms with E-state index in [1.165, 1.54) is 12.7 Å². The Bertz CT molecular complexity index is 2600. The molecular weight excluding hydrogens is 1400 g/mol. The van der Waals surface area contributed by atoms with Crippen molar-refractivity contribution in [2.24, 2.45) is 5.73 Å². The van der Waals surface area contributed by atoms with Crippen LogP contribution in [0.15, 0.2) is 48.5 Å². The number of unbranched alkanes of at least 4 members (excludes halogenated alkanes) is 2. The van der Waals surface area contributed by atoms with Crippen LogP contribution in [0, 0.1) is 0 Å². The van der Waals surface area contributed by atoms with Gasteiger partial charge in [0.25, 0.3) is 0 Å². The summed E-state index contributed by atoms with van der Waals surface area (Å²) in [5.41, 5.74) is 3.12. The fraction of sp³-hybridized carbons (Fsp3) is 0.700. The average molecular weight is 1530 g/mol. The SMILES string of the molecule is C.C.CC(C)(C)OC(=O)CC[C@H](NC(=O)N[C@@H](CCCCN)C(=O)OC(C)(C)C)C(=O)OC(C)(C)C.CC(C)(C)OC(=O)CC[C@H](NC(=O)N[C@@H](CCCCNCc1cc[c]([Sn]([CH3])([CH3])[CH3])cc1)C(=O)OC(C)(C)C)C(=O)OC(C)(C)C.[CH3][Sn]([CH3])([CH3])[c]1ccc(C=O)cc1. The first-order valence-corrected chi connectivity index (χ1v) is 51.8. The molecule has 4 atom stereocenters. The molecule has 0 aromatic heterocycles. The first-order valence-electron chi connectivity index (χ1n) is 31.9. The Balaban J connectivity index is -0.00000148. The van der Waals surface area contributed by atoms with Crippen LogP contribution in [0.1, 0.15) is 220 Å². The maximum atomic E-state index is 13.1. The van der Waals surface area contributed by atoms with Gasteiger partial charge in [0.05, 0.1) is 0 Å². The molecule has 4 amide bonds. The quantitative estimate of drug-likeness (QED) is 0.0152. The van der Waals surface area contributed by atoms with Crippen LogP contribution in [0.2, 0.25) is 29.6 Å². The molecule has 0 fully saturated rings. The number of rotatable bonds is 28. The standard InChI is InChI=1S/C31H50N3O7.C24H45N3O7.C7H5O.2CH4.6CH3.2Sn/c1-29(2,3)39-25(35)19-18-24(27(37)41-31(7,8)9)34-28(38)33-23(26(36)40-30(4,5)6)17-13-14-20-32-21-22-15-11-10-12-16-22;1-22(2,3)32-18(28)14-13-17(20(30)34-24(7,8)9)27-21(31)26-16(12-10-11-15-25)19(29)33-23(4,5)6;8-6-7-4-2-1-3-5-7;;;;;;;;;;/h11-12,15-16,23-24,32H,13-14,17-21H2,1-9H3,(H2,33,34,38);16-17H,10-15,25H2,1-9H3,(H2,26,27,31);2-6H;2*1H4;6*1H3;;/t23-,24-;16-,17-;;;;;;;;;;;/m00.........../s1. The molecular formula is C70H126N6O15Sn2. The molecule has 0 spiro atoms. The molecule has 0 bridgehead atoms. The van der Waals surface area contributed by atoms with Crippen LogP contribution in [-0.2, 0) is 63.7 Å². The van der Waals surface area contributed by atoms with Gasteiger partial charge in [-0.05, 0) is 163 Å². The molecule has 2 rings (SSSR count). The zero-order chi connectivity index (χ0) is 70.6. The van der Waals surface area contributed by atoms with Crippen molar-refractivity contribution in [3.05, 3.63) is 59.7 Å². The molecule has 0 aliphatic heterocycles. The molecule has 0 unspecified atom stereocenters. The number of carbonyl (C=O) groups excluding carboxylic acids is 9. The summed E-state index contributed by atoms with van der Waals surface area (Å²) < 4.78 is 35.4. The Morgan fingerprint density at radius 1 is 0.419 bits per heavy atom. The van der Waals surface area contributed by atoms with Crippen molar-refractivity contribution in [2.75, 3.05) is 13.1 Å². The Kier molecular flexibility index (Phi) is 41.5. The van der Waals surface area contributed by atoms with Crippen molar-refractivity contribution in [1.82, 2.24) is 26.6 Å². The molecule has 2 aromatic carbocycles. The number of aldehydes is 1. The minimum atomic E-state index is -2.06. The third kappa shape index (κ3) is 47.5. The van der Waals surface area contributed by atoms with E-state index in [1.807, 2.05) is 12.1 Å².